The van der Waals surface area contributed by atoms with Gasteiger partial charge in [0.05, 0.1) is 31.2 Å². The van der Waals surface area contributed by atoms with Crippen molar-refractivity contribution in [1.82, 2.24) is 19.9 Å². The lowest BCUT2D eigenvalue weighted by molar-refractivity contribution is 0.240. The van der Waals surface area contributed by atoms with E-state index in [1.54, 1.807) is 14.2 Å². The molecule has 0 bridgehead atoms. The van der Waals surface area contributed by atoms with E-state index in [2.05, 4.69) is 19.9 Å². The highest BCUT2D eigenvalue weighted by molar-refractivity contribution is 7.90. The number of ether oxygens (including phenoxy) is 2. The Morgan fingerprint density at radius 1 is 1.12 bits per heavy atom. The van der Waals surface area contributed by atoms with Crippen LogP contribution in [0.15, 0.2) is 46.5 Å². The number of hydrogen-bond donors (Lipinski definition) is 1. The van der Waals surface area contributed by atoms with Crippen molar-refractivity contribution in [2.75, 3.05) is 27.0 Å². The molecular formula is C22H24N4O5S. The van der Waals surface area contributed by atoms with Gasteiger partial charge in [-0.15, -0.1) is 0 Å². The quantitative estimate of drug-likeness (QED) is 0.559. The number of aromatic nitrogens is 3. The van der Waals surface area contributed by atoms with Crippen LogP contribution in [0.1, 0.15) is 16.8 Å². The third-order valence-electron chi connectivity index (χ3n) is 5.39. The van der Waals surface area contributed by atoms with E-state index in [9.17, 15) is 13.2 Å². The molecular weight excluding hydrogens is 432 g/mol. The smallest absolute Gasteiger partial charge is 0.256 e. The number of rotatable bonds is 6. The van der Waals surface area contributed by atoms with E-state index < -0.39 is 15.4 Å². The summed E-state index contributed by atoms with van der Waals surface area (Å²) in [5.41, 5.74) is 3.40. The highest BCUT2D eigenvalue weighted by Crippen LogP contribution is 2.31. The Kier molecular flexibility index (Phi) is 5.98. The van der Waals surface area contributed by atoms with Crippen molar-refractivity contribution in [2.24, 2.45) is 0 Å². The number of aromatic amines is 1. The Morgan fingerprint density at radius 2 is 1.91 bits per heavy atom. The molecule has 1 aliphatic rings. The largest absolute Gasteiger partial charge is 0.493 e. The maximum absolute atomic E-state index is 12.4. The summed E-state index contributed by atoms with van der Waals surface area (Å²) in [5, 5.41) is -0.273. The van der Waals surface area contributed by atoms with E-state index in [4.69, 9.17) is 9.47 Å². The second kappa shape index (κ2) is 8.71. The zero-order valence-electron chi connectivity index (χ0n) is 18.1. The lowest BCUT2D eigenvalue weighted by Gasteiger charge is -2.27. The molecule has 0 radical (unpaired) electrons. The van der Waals surface area contributed by atoms with Crippen LogP contribution in [0.4, 0.5) is 0 Å². The van der Waals surface area contributed by atoms with Gasteiger partial charge in [0.25, 0.3) is 5.56 Å². The van der Waals surface area contributed by atoms with Gasteiger partial charge in [-0.3, -0.25) is 19.7 Å². The Bertz CT molecular complexity index is 1300. The Balaban J connectivity index is 1.49. The molecule has 32 heavy (non-hydrogen) atoms. The van der Waals surface area contributed by atoms with Gasteiger partial charge in [-0.1, -0.05) is 6.07 Å². The Hall–Kier alpha value is -3.24. The average Bonchev–Trinajstić information content (AvgIpc) is 2.78. The second-order valence-electron chi connectivity index (χ2n) is 7.65. The van der Waals surface area contributed by atoms with Crippen LogP contribution >= 0.6 is 0 Å². The number of fused-ring (bicyclic) bond motifs is 1. The van der Waals surface area contributed by atoms with Gasteiger partial charge in [0.2, 0.25) is 15.0 Å². The predicted molar refractivity (Wildman–Crippen MR) is 119 cm³/mol. The van der Waals surface area contributed by atoms with E-state index in [0.29, 0.717) is 48.8 Å². The fourth-order valence-corrected chi connectivity index (χ4v) is 4.27. The fraction of sp³-hybridized carbons (Fsp3) is 0.318. The van der Waals surface area contributed by atoms with Crippen LogP contribution in [-0.2, 0) is 29.3 Å². The normalized spacial score (nSPS) is 14.1. The number of nitrogens with one attached hydrogen (secondary N) is 1. The van der Waals surface area contributed by atoms with E-state index in [1.165, 1.54) is 0 Å². The SMILES string of the molecule is COc1ccc(-c2ccc(CN3CCc4nc(S(C)(=O)=O)[nH]c(=O)c4C3)cn2)cc1OC. The predicted octanol–water partition coefficient (Wildman–Crippen LogP) is 1.81. The number of methoxy groups -OCH3 is 2. The molecule has 0 aliphatic carbocycles. The molecule has 0 atom stereocenters. The highest BCUT2D eigenvalue weighted by Gasteiger charge is 2.23. The van der Waals surface area contributed by atoms with Crippen molar-refractivity contribution in [3.63, 3.8) is 0 Å². The molecule has 2 aromatic heterocycles. The summed E-state index contributed by atoms with van der Waals surface area (Å²) >= 11 is 0. The standard InChI is InChI=1S/C22H24N4O5S/c1-30-19-7-5-15(10-20(19)31-2)17-6-4-14(11-23-17)12-26-9-8-18-16(13-26)21(27)25-22(24-18)32(3,28)29/h4-7,10-11H,8-9,12-13H2,1-3H3,(H,24,25,27). The summed E-state index contributed by atoms with van der Waals surface area (Å²) in [6, 6.07) is 9.60. The highest BCUT2D eigenvalue weighted by atomic mass is 32.2. The van der Waals surface area contributed by atoms with Crippen LogP contribution in [0.2, 0.25) is 0 Å². The van der Waals surface area contributed by atoms with Gasteiger partial charge in [-0.25, -0.2) is 13.4 Å². The molecule has 0 fully saturated rings. The Morgan fingerprint density at radius 3 is 2.56 bits per heavy atom. The van der Waals surface area contributed by atoms with Crippen molar-refractivity contribution in [3.8, 4) is 22.8 Å². The van der Waals surface area contributed by atoms with Crippen molar-refractivity contribution in [2.45, 2.75) is 24.7 Å². The van der Waals surface area contributed by atoms with Crippen molar-refractivity contribution in [3.05, 3.63) is 63.7 Å². The molecule has 1 aromatic carbocycles. The summed E-state index contributed by atoms with van der Waals surface area (Å²) in [5.74, 6) is 1.30. The molecule has 3 aromatic rings. The van der Waals surface area contributed by atoms with Gasteiger partial charge < -0.3 is 9.47 Å². The summed E-state index contributed by atoms with van der Waals surface area (Å²) < 4.78 is 34.1. The number of hydrogen-bond acceptors (Lipinski definition) is 8. The van der Waals surface area contributed by atoms with Crippen LogP contribution < -0.4 is 15.0 Å². The lowest BCUT2D eigenvalue weighted by Crippen LogP contribution is -2.36. The maximum Gasteiger partial charge on any atom is 0.256 e. The topological polar surface area (TPSA) is 114 Å². The summed E-state index contributed by atoms with van der Waals surface area (Å²) in [6.07, 6.45) is 3.36. The fourth-order valence-electron chi connectivity index (χ4n) is 3.71. The first-order valence-electron chi connectivity index (χ1n) is 10.0. The third kappa shape index (κ3) is 4.51. The minimum absolute atomic E-state index is 0.273. The summed E-state index contributed by atoms with van der Waals surface area (Å²) in [7, 11) is -0.370. The maximum atomic E-state index is 12.4. The number of nitrogens with zero attached hydrogens (tertiary/aromatic N) is 3. The lowest BCUT2D eigenvalue weighted by atomic mass is 10.1. The Labute approximate surface area is 186 Å². The number of sulfone groups is 1. The second-order valence-corrected chi connectivity index (χ2v) is 9.58. The monoisotopic (exact) mass is 456 g/mol. The van der Waals surface area contributed by atoms with E-state index in [1.807, 2.05) is 36.5 Å². The van der Waals surface area contributed by atoms with Crippen LogP contribution in [0.5, 0.6) is 11.5 Å². The first-order valence-corrected chi connectivity index (χ1v) is 11.9. The van der Waals surface area contributed by atoms with Gasteiger partial charge in [0.15, 0.2) is 11.5 Å². The van der Waals surface area contributed by atoms with E-state index >= 15 is 0 Å². The van der Waals surface area contributed by atoms with Crippen LogP contribution in [0.3, 0.4) is 0 Å². The van der Waals surface area contributed by atoms with Crippen molar-refractivity contribution in [1.29, 1.82) is 0 Å². The molecule has 0 amide bonds. The molecule has 1 aliphatic heterocycles. The molecule has 1 N–H and O–H groups in total. The van der Waals surface area contributed by atoms with Crippen LogP contribution in [0.25, 0.3) is 11.3 Å². The van der Waals surface area contributed by atoms with Gasteiger partial charge in [0, 0.05) is 44.1 Å². The number of benzene rings is 1. The zero-order chi connectivity index (χ0) is 22.9. The molecule has 0 unspecified atom stereocenters. The molecule has 4 rings (SSSR count). The third-order valence-corrected chi connectivity index (χ3v) is 6.28. The number of pyridine rings is 1. The zero-order valence-corrected chi connectivity index (χ0v) is 18.9. The molecule has 10 heteroatoms. The molecule has 9 nitrogen and oxygen atoms in total. The van der Waals surface area contributed by atoms with Gasteiger partial charge in [-0.05, 0) is 29.8 Å². The first-order chi connectivity index (χ1) is 15.3. The molecule has 0 saturated heterocycles. The summed E-state index contributed by atoms with van der Waals surface area (Å²) in [4.78, 5) is 25.7. The number of H-pyrrole nitrogens is 1. The first kappa shape index (κ1) is 22.0. The summed E-state index contributed by atoms with van der Waals surface area (Å²) in [6.45, 7) is 1.69. The van der Waals surface area contributed by atoms with Gasteiger partial charge >= 0.3 is 0 Å². The van der Waals surface area contributed by atoms with E-state index in [0.717, 1.165) is 23.1 Å². The minimum atomic E-state index is -3.56. The van der Waals surface area contributed by atoms with Crippen molar-refractivity contribution < 1.29 is 17.9 Å². The average molecular weight is 457 g/mol. The van der Waals surface area contributed by atoms with Gasteiger partial charge in [-0.2, -0.15) is 0 Å². The molecule has 3 heterocycles. The van der Waals surface area contributed by atoms with Crippen LogP contribution in [-0.4, -0.2) is 55.3 Å². The van der Waals surface area contributed by atoms with E-state index in [-0.39, 0.29) is 5.16 Å². The van der Waals surface area contributed by atoms with Crippen molar-refractivity contribution >= 4 is 9.84 Å². The van der Waals surface area contributed by atoms with Crippen LogP contribution in [0, 0.1) is 0 Å². The molecule has 0 spiro atoms. The molecule has 0 saturated carbocycles. The van der Waals surface area contributed by atoms with Gasteiger partial charge in [0.1, 0.15) is 0 Å². The minimum Gasteiger partial charge on any atom is -0.493 e. The molecule has 168 valence electrons.